The Kier molecular flexibility index (Phi) is 32.2. The summed E-state index contributed by atoms with van der Waals surface area (Å²) in [6.07, 6.45) is 30.8. The summed E-state index contributed by atoms with van der Waals surface area (Å²) < 4.78 is 38.7. The van der Waals surface area contributed by atoms with E-state index in [9.17, 15) is 47.1 Å². The van der Waals surface area contributed by atoms with Gasteiger partial charge in [0, 0.05) is 101 Å². The second-order valence-corrected chi connectivity index (χ2v) is 32.1. The van der Waals surface area contributed by atoms with Crippen LogP contribution in [0.3, 0.4) is 0 Å². The molecular weight excluding hydrogens is 1340 g/mol. The summed E-state index contributed by atoms with van der Waals surface area (Å²) in [4.78, 5) is 127. The van der Waals surface area contributed by atoms with Crippen LogP contribution in [0.4, 0.5) is 13.6 Å². The molecule has 3 aromatic heterocycles. The molecule has 5 heterocycles. The van der Waals surface area contributed by atoms with Crippen LogP contribution in [0.2, 0.25) is 0 Å². The van der Waals surface area contributed by atoms with Crippen molar-refractivity contribution >= 4 is 47.8 Å². The van der Waals surface area contributed by atoms with Gasteiger partial charge in [0.2, 0.25) is 23.6 Å². The van der Waals surface area contributed by atoms with Crippen LogP contribution in [0.1, 0.15) is 248 Å². The van der Waals surface area contributed by atoms with Crippen LogP contribution in [0, 0.1) is 28.4 Å². The molecule has 5 aliphatic rings. The summed E-state index contributed by atoms with van der Waals surface area (Å²) in [6, 6.07) is 11.0. The van der Waals surface area contributed by atoms with Crippen molar-refractivity contribution < 1.29 is 76.2 Å². The van der Waals surface area contributed by atoms with Gasteiger partial charge in [-0.25, -0.2) is 23.5 Å². The molecule has 2 saturated heterocycles. The Hall–Kier alpha value is -7.75. The van der Waals surface area contributed by atoms with Gasteiger partial charge in [-0.15, -0.1) is 6.20 Å². The first-order valence-corrected chi connectivity index (χ1v) is 37.6. The minimum atomic E-state index is -0.884. The molecule has 5 fully saturated rings. The van der Waals surface area contributed by atoms with E-state index in [-0.39, 0.29) is 83.5 Å². The van der Waals surface area contributed by atoms with Crippen LogP contribution in [0.5, 0.6) is 0 Å². The molecule has 26 heteroatoms. The quantitative estimate of drug-likeness (QED) is 0.0431. The summed E-state index contributed by atoms with van der Waals surface area (Å²) in [6.45, 7) is 24.8. The van der Waals surface area contributed by atoms with Crippen molar-refractivity contribution in [3.63, 3.8) is 0 Å². The number of rotatable bonds is 24. The molecule has 23 nitrogen and oxygen atoms in total. The van der Waals surface area contributed by atoms with Crippen molar-refractivity contribution in [2.24, 2.45) is 16.7 Å². The van der Waals surface area contributed by atoms with Crippen molar-refractivity contribution in [3.05, 3.63) is 126 Å². The van der Waals surface area contributed by atoms with Crippen molar-refractivity contribution in [1.82, 2.24) is 63.8 Å². The third kappa shape index (κ3) is 24.4. The second kappa shape index (κ2) is 39.2. The zero-order valence-electron chi connectivity index (χ0n) is 64.8. The number of hydrogen-bond acceptors (Lipinski definition) is 13. The average Bonchev–Trinajstić information content (AvgIpc) is 1.78. The third-order valence-electron chi connectivity index (χ3n) is 21.0. The number of carbonyl (C=O) groups is 7. The van der Waals surface area contributed by atoms with E-state index in [1.165, 1.54) is 74.7 Å². The largest absolute Gasteiger partial charge is 1.00 e. The minimum absolute atomic E-state index is 0. The molecule has 0 radical (unpaired) electrons. The normalized spacial score (nSPS) is 18.2. The van der Waals surface area contributed by atoms with Gasteiger partial charge in [-0.3, -0.25) is 38.7 Å². The van der Waals surface area contributed by atoms with Gasteiger partial charge in [0.15, 0.2) is 0 Å². The smallest absolute Gasteiger partial charge is 0.870 e. The monoisotopic (exact) mass is 1450 g/mol. The summed E-state index contributed by atoms with van der Waals surface area (Å²) in [5, 5.41) is 5.96. The number of aromatic nitrogens is 6. The minimum Gasteiger partial charge on any atom is -0.870 e. The Morgan fingerprint density at radius 1 is 0.562 bits per heavy atom. The van der Waals surface area contributed by atoms with E-state index in [0.29, 0.717) is 100 Å². The molecule has 0 spiro atoms. The van der Waals surface area contributed by atoms with Gasteiger partial charge in [-0.05, 0) is 163 Å². The standard InChI is InChI=1S/C37H55FN6O5.C33H48FN5O3.C9H11N2O.Li.H2O/c1-25(41(8)35(48)49-37(5,6)7)32(45)40-31(36(2,3)4)34(47)44-20-11-14-29(44)22-42(21-19-26-15-17-27(38)18-16-26)33(46)30-23-43(24-39-30)28-12-9-10-13-28;1-6-23(2)30(40)36-29(33(3,4)5)32(42)39-18-9-12-27(39)20-37(19-17-24-13-15-25(34)16-14-24)31(41)28-21-38(22-35-28)26-10-7-8-11-26;12-6-8-5-11(7-10-8)9-3-1-2-4-9;;/h15-18,23-25,28-29,31H,9-14,19-22H2,1-8H3,(H,40,45);13-16,21-23,26-27,29H,6-12,17-20H2,1-5H3,(H,36,40);5,7,9H,1-4H2;;1H2/q;;-1;+1;/p-1/t25-,29-,31+;23-,27+,29-;;;/m01.../s1. The van der Waals surface area contributed by atoms with Gasteiger partial charge in [0.05, 0.1) is 19.0 Å². The number of hydrogen-bond donors (Lipinski definition) is 2. The van der Waals surface area contributed by atoms with Crippen LogP contribution in [-0.2, 0) is 41.6 Å². The summed E-state index contributed by atoms with van der Waals surface area (Å²) in [5.74, 6) is -2.07. The molecule has 105 heavy (non-hydrogen) atoms. The molecule has 7 amide bonds. The van der Waals surface area contributed by atoms with E-state index < -0.39 is 46.6 Å². The third-order valence-corrected chi connectivity index (χ3v) is 21.0. The van der Waals surface area contributed by atoms with Gasteiger partial charge in [0.1, 0.15) is 46.7 Å². The maximum absolute atomic E-state index is 14.3. The van der Waals surface area contributed by atoms with Crippen LogP contribution >= 0.6 is 0 Å². The van der Waals surface area contributed by atoms with Gasteiger partial charge >= 0.3 is 25.0 Å². The fourth-order valence-electron chi connectivity index (χ4n) is 14.4. The van der Waals surface area contributed by atoms with Crippen LogP contribution in [0.25, 0.3) is 0 Å². The van der Waals surface area contributed by atoms with Gasteiger partial charge < -0.3 is 58.9 Å². The predicted octanol–water partition coefficient (Wildman–Crippen LogP) is 9.27. The molecule has 0 unspecified atom stereocenters. The topological polar surface area (TPSA) is 270 Å². The molecule has 3 N–H and O–H groups in total. The van der Waals surface area contributed by atoms with Gasteiger partial charge in [0.25, 0.3) is 11.8 Å². The number of amides is 7. The molecule has 5 aromatic rings. The molecular formula is C79H115F2LiN13O10-. The number of halogens is 2. The van der Waals surface area contributed by atoms with E-state index in [0.717, 1.165) is 68.9 Å². The van der Waals surface area contributed by atoms with Gasteiger partial charge in [-0.2, -0.15) is 0 Å². The number of likely N-dealkylation sites (tertiary alicyclic amines) is 2. The Balaban J connectivity index is 0.000000280. The first-order valence-electron chi connectivity index (χ1n) is 37.6. The maximum atomic E-state index is 14.3. The summed E-state index contributed by atoms with van der Waals surface area (Å²) in [7, 11) is 1.50. The molecule has 3 aliphatic carbocycles. The number of nitrogens with zero attached hydrogens (tertiary/aromatic N) is 11. The Morgan fingerprint density at radius 2 is 0.933 bits per heavy atom. The number of benzene rings is 2. The maximum Gasteiger partial charge on any atom is 1.00 e. The van der Waals surface area contributed by atoms with Crippen molar-refractivity contribution in [3.8, 4) is 0 Å². The average molecular weight is 1450 g/mol. The molecule has 10 rings (SSSR count). The zero-order chi connectivity index (χ0) is 74.9. The molecule has 2 aliphatic heterocycles. The van der Waals surface area contributed by atoms with Crippen molar-refractivity contribution in [1.29, 1.82) is 0 Å². The van der Waals surface area contributed by atoms with E-state index in [4.69, 9.17) is 4.74 Å². The predicted molar refractivity (Wildman–Crippen MR) is 393 cm³/mol. The fourth-order valence-corrected chi connectivity index (χ4v) is 14.4. The van der Waals surface area contributed by atoms with E-state index in [1.54, 1.807) is 98.1 Å². The number of nitrogens with one attached hydrogen (secondary N) is 2. The Bertz CT molecular complexity index is 3620. The van der Waals surface area contributed by atoms with E-state index in [1.807, 2.05) is 81.8 Å². The molecule has 572 valence electrons. The number of imidazole rings is 3. The molecule has 0 bridgehead atoms. The molecule has 2 aromatic carbocycles. The Labute approximate surface area is 632 Å². The van der Waals surface area contributed by atoms with Crippen LogP contribution in [-0.4, -0.2) is 189 Å². The SMILES string of the molecule is CC[C@@H](C)C(=O)N[C@H](C(=O)N1CCC[C@H]1CN(CCc1ccc(F)cc1)C(=O)c1cn(C2CCCC2)cn1)C(C)(C)C.C[C@@H](C(=O)N[C@H](C(=O)N1CCC[C@H]1CN(CCc1ccc(F)cc1)C(=O)c1cn(C2CCCC2)cn1)C(C)(C)C)N(C)C(=O)OC(C)(C)C.O=[C-]c1cn(C2CCCC2)cn1.[Li+].[OH-]. The fraction of sp³-hybridized carbons (Fsp3) is 0.633. The van der Waals surface area contributed by atoms with Crippen molar-refractivity contribution in [2.75, 3.05) is 46.3 Å². The molecule has 3 saturated carbocycles. The number of likely N-dealkylation sites (N-methyl/N-ethyl adjacent to an activating group) is 1. The zero-order valence-corrected chi connectivity index (χ0v) is 64.8. The first kappa shape index (κ1) is 86.2. The Morgan fingerprint density at radius 3 is 1.29 bits per heavy atom. The van der Waals surface area contributed by atoms with E-state index >= 15 is 0 Å². The van der Waals surface area contributed by atoms with Crippen LogP contribution < -0.4 is 29.5 Å². The first-order chi connectivity index (χ1) is 48.8. The summed E-state index contributed by atoms with van der Waals surface area (Å²) >= 11 is 0. The second-order valence-electron chi connectivity index (χ2n) is 32.1. The summed E-state index contributed by atoms with van der Waals surface area (Å²) in [5.41, 5.74) is 1.19. The van der Waals surface area contributed by atoms with Crippen molar-refractivity contribution in [2.45, 2.75) is 259 Å². The van der Waals surface area contributed by atoms with E-state index in [2.05, 4.69) is 30.2 Å². The van der Waals surface area contributed by atoms with Gasteiger partial charge in [-0.1, -0.05) is 118 Å². The van der Waals surface area contributed by atoms with Crippen LogP contribution in [0.15, 0.2) is 86.1 Å². The number of carbonyl (C=O) groups excluding carboxylic acids is 8. The molecule has 6 atom stereocenters. The number of ether oxygens (including phenoxy) is 1.